The Morgan fingerprint density at radius 1 is 1.35 bits per heavy atom. The Balaban J connectivity index is 1.84. The number of amides is 2. The van der Waals surface area contributed by atoms with E-state index in [0.717, 1.165) is 31.4 Å². The first-order valence-corrected chi connectivity index (χ1v) is 7.15. The lowest BCUT2D eigenvalue weighted by Gasteiger charge is -2.26. The van der Waals surface area contributed by atoms with E-state index in [-0.39, 0.29) is 23.5 Å². The molecule has 1 heterocycles. The van der Waals surface area contributed by atoms with Crippen molar-refractivity contribution in [2.45, 2.75) is 64.0 Å². The van der Waals surface area contributed by atoms with E-state index < -0.39 is 0 Å². The van der Waals surface area contributed by atoms with Crippen LogP contribution in [0.25, 0.3) is 0 Å². The second kappa shape index (κ2) is 5.83. The summed E-state index contributed by atoms with van der Waals surface area (Å²) in [5, 5.41) is 9.52. The Labute approximate surface area is 119 Å². The number of nitrogens with two attached hydrogens (primary N) is 1. The number of nitrogens with one attached hydrogen (secondary N) is 2. The highest BCUT2D eigenvalue weighted by Gasteiger charge is 2.22. The van der Waals surface area contributed by atoms with Gasteiger partial charge in [0.05, 0.1) is 0 Å². The topological polar surface area (TPSA) is 93.2 Å². The van der Waals surface area contributed by atoms with Crippen LogP contribution in [-0.4, -0.2) is 23.3 Å². The lowest BCUT2D eigenvalue weighted by atomic mass is 9.92. The number of anilines is 1. The summed E-state index contributed by atoms with van der Waals surface area (Å²) >= 11 is 0. The number of carbonyl (C=O) groups excluding carboxylic acids is 1. The maximum Gasteiger partial charge on any atom is 0.320 e. The van der Waals surface area contributed by atoms with Crippen LogP contribution in [0.5, 0.6) is 0 Å². The van der Waals surface area contributed by atoms with Crippen LogP contribution in [0.3, 0.4) is 0 Å². The summed E-state index contributed by atoms with van der Waals surface area (Å²) in [7, 11) is 0. The summed E-state index contributed by atoms with van der Waals surface area (Å²) in [6.07, 6.45) is 3.79. The van der Waals surface area contributed by atoms with Crippen molar-refractivity contribution < 1.29 is 9.32 Å². The molecule has 0 saturated heterocycles. The summed E-state index contributed by atoms with van der Waals surface area (Å²) in [6.45, 7) is 6.09. The minimum Gasteiger partial charge on any atom is -0.359 e. The van der Waals surface area contributed by atoms with Crippen LogP contribution in [0.1, 0.15) is 52.2 Å². The van der Waals surface area contributed by atoms with Gasteiger partial charge in [-0.3, -0.25) is 5.32 Å². The largest absolute Gasteiger partial charge is 0.359 e. The molecule has 0 aliphatic heterocycles. The Bertz CT molecular complexity index is 456. The highest BCUT2D eigenvalue weighted by molar-refractivity contribution is 5.88. The van der Waals surface area contributed by atoms with Crippen molar-refractivity contribution in [3.8, 4) is 0 Å². The average Bonchev–Trinajstić information content (AvgIpc) is 2.80. The third kappa shape index (κ3) is 3.96. The van der Waals surface area contributed by atoms with Crippen LogP contribution in [0, 0.1) is 0 Å². The van der Waals surface area contributed by atoms with Gasteiger partial charge in [-0.15, -0.1) is 0 Å². The summed E-state index contributed by atoms with van der Waals surface area (Å²) in [5.74, 6) is 1.19. The summed E-state index contributed by atoms with van der Waals surface area (Å²) < 4.78 is 5.22. The summed E-state index contributed by atoms with van der Waals surface area (Å²) in [4.78, 5) is 11.9. The third-order valence-electron chi connectivity index (χ3n) is 3.60. The molecule has 2 amide bonds. The van der Waals surface area contributed by atoms with Crippen molar-refractivity contribution in [2.75, 3.05) is 5.32 Å². The van der Waals surface area contributed by atoms with Gasteiger partial charge in [-0.05, 0) is 25.7 Å². The second-order valence-electron chi connectivity index (χ2n) is 6.54. The average molecular weight is 280 g/mol. The van der Waals surface area contributed by atoms with Crippen LogP contribution in [-0.2, 0) is 5.41 Å². The lowest BCUT2D eigenvalue weighted by molar-refractivity contribution is 0.242. The highest BCUT2D eigenvalue weighted by atomic mass is 16.5. The number of nitrogens with zero attached hydrogens (tertiary/aromatic N) is 1. The van der Waals surface area contributed by atoms with Crippen molar-refractivity contribution in [1.29, 1.82) is 0 Å². The molecule has 1 aliphatic carbocycles. The molecule has 112 valence electrons. The molecule has 6 nitrogen and oxygen atoms in total. The zero-order chi connectivity index (χ0) is 14.8. The Kier molecular flexibility index (Phi) is 4.32. The predicted molar refractivity (Wildman–Crippen MR) is 77.6 cm³/mol. The van der Waals surface area contributed by atoms with Crippen molar-refractivity contribution >= 4 is 11.8 Å². The van der Waals surface area contributed by atoms with Gasteiger partial charge < -0.3 is 15.6 Å². The fourth-order valence-electron chi connectivity index (χ4n) is 2.29. The molecule has 0 unspecified atom stereocenters. The predicted octanol–water partition coefficient (Wildman–Crippen LogP) is 2.36. The molecule has 0 spiro atoms. The minimum absolute atomic E-state index is 0.122. The first-order chi connectivity index (χ1) is 9.34. The first-order valence-electron chi connectivity index (χ1n) is 7.15. The zero-order valence-electron chi connectivity index (χ0n) is 12.4. The maximum atomic E-state index is 11.9. The Hall–Kier alpha value is -1.56. The molecule has 1 aliphatic rings. The van der Waals surface area contributed by atoms with Gasteiger partial charge >= 0.3 is 6.03 Å². The summed E-state index contributed by atoms with van der Waals surface area (Å²) in [6, 6.07) is 2.00. The van der Waals surface area contributed by atoms with E-state index in [1.807, 2.05) is 20.8 Å². The van der Waals surface area contributed by atoms with E-state index in [1.54, 1.807) is 6.07 Å². The number of hydrogen-bond acceptors (Lipinski definition) is 4. The molecule has 1 aromatic rings. The number of carbonyl (C=O) groups is 1. The third-order valence-corrected chi connectivity index (χ3v) is 3.60. The van der Waals surface area contributed by atoms with Crippen LogP contribution < -0.4 is 16.4 Å². The van der Waals surface area contributed by atoms with Gasteiger partial charge in [0.2, 0.25) is 0 Å². The Morgan fingerprint density at radius 2 is 2.00 bits per heavy atom. The molecule has 1 saturated carbocycles. The second-order valence-corrected chi connectivity index (χ2v) is 6.54. The molecule has 0 aromatic carbocycles. The fourth-order valence-corrected chi connectivity index (χ4v) is 2.29. The number of hydrogen-bond donors (Lipinski definition) is 3. The molecular formula is C14H24N4O2. The quantitative estimate of drug-likeness (QED) is 0.775. The molecule has 20 heavy (non-hydrogen) atoms. The molecule has 1 aromatic heterocycles. The van der Waals surface area contributed by atoms with Gasteiger partial charge in [0.25, 0.3) is 0 Å². The van der Waals surface area contributed by atoms with Gasteiger partial charge in [-0.2, -0.15) is 0 Å². The molecule has 0 radical (unpaired) electrons. The molecule has 6 heteroatoms. The monoisotopic (exact) mass is 280 g/mol. The first kappa shape index (κ1) is 14.8. The van der Waals surface area contributed by atoms with E-state index in [0.29, 0.717) is 5.82 Å². The zero-order valence-corrected chi connectivity index (χ0v) is 12.4. The van der Waals surface area contributed by atoms with E-state index >= 15 is 0 Å². The van der Waals surface area contributed by atoms with Crippen molar-refractivity contribution in [2.24, 2.45) is 5.73 Å². The van der Waals surface area contributed by atoms with E-state index in [9.17, 15) is 4.79 Å². The number of rotatable bonds is 2. The molecule has 0 bridgehead atoms. The van der Waals surface area contributed by atoms with Crippen LogP contribution in [0.2, 0.25) is 0 Å². The van der Waals surface area contributed by atoms with Gasteiger partial charge in [-0.25, -0.2) is 4.79 Å². The van der Waals surface area contributed by atoms with Crippen LogP contribution >= 0.6 is 0 Å². The van der Waals surface area contributed by atoms with Crippen LogP contribution in [0.15, 0.2) is 10.6 Å². The van der Waals surface area contributed by atoms with Crippen molar-refractivity contribution in [3.05, 3.63) is 11.8 Å². The fraction of sp³-hybridized carbons (Fsp3) is 0.714. The van der Waals surface area contributed by atoms with Gasteiger partial charge in [0.15, 0.2) is 5.82 Å². The SMILES string of the molecule is CC(C)(C)c1cc(NC(=O)NC2CCC(N)CC2)no1. The summed E-state index contributed by atoms with van der Waals surface area (Å²) in [5.41, 5.74) is 5.72. The molecular weight excluding hydrogens is 256 g/mol. The lowest BCUT2D eigenvalue weighted by Crippen LogP contribution is -2.42. The smallest absolute Gasteiger partial charge is 0.320 e. The maximum absolute atomic E-state index is 11.9. The number of urea groups is 1. The minimum atomic E-state index is -0.237. The normalized spacial score (nSPS) is 23.4. The molecule has 4 N–H and O–H groups in total. The molecule has 0 atom stereocenters. The molecule has 2 rings (SSSR count). The standard InChI is InChI=1S/C14H24N4O2/c1-14(2,3)11-8-12(18-20-11)17-13(19)16-10-6-4-9(15)5-7-10/h8-10H,4-7,15H2,1-3H3,(H2,16,17,18,19). The van der Waals surface area contributed by atoms with Crippen molar-refractivity contribution in [1.82, 2.24) is 10.5 Å². The van der Waals surface area contributed by atoms with Gasteiger partial charge in [-0.1, -0.05) is 25.9 Å². The van der Waals surface area contributed by atoms with E-state index in [1.165, 1.54) is 0 Å². The van der Waals surface area contributed by atoms with Gasteiger partial charge in [0, 0.05) is 23.6 Å². The number of aromatic nitrogens is 1. The van der Waals surface area contributed by atoms with E-state index in [2.05, 4.69) is 15.8 Å². The van der Waals surface area contributed by atoms with Crippen LogP contribution in [0.4, 0.5) is 10.6 Å². The Morgan fingerprint density at radius 3 is 2.55 bits per heavy atom. The highest BCUT2D eigenvalue weighted by Crippen LogP contribution is 2.24. The molecule has 1 fully saturated rings. The van der Waals surface area contributed by atoms with Crippen molar-refractivity contribution in [3.63, 3.8) is 0 Å². The van der Waals surface area contributed by atoms with E-state index in [4.69, 9.17) is 10.3 Å². The van der Waals surface area contributed by atoms with Gasteiger partial charge in [0.1, 0.15) is 5.76 Å².